The van der Waals surface area contributed by atoms with E-state index in [0.717, 1.165) is 22.0 Å². The quantitative estimate of drug-likeness (QED) is 0.311. The fourth-order valence-electron chi connectivity index (χ4n) is 3.61. The lowest BCUT2D eigenvalue weighted by atomic mass is 10.1. The van der Waals surface area contributed by atoms with Crippen molar-refractivity contribution in [3.8, 4) is 22.8 Å². The number of nitrogens with one attached hydrogen (secondary N) is 2. The van der Waals surface area contributed by atoms with Crippen molar-refractivity contribution in [2.24, 2.45) is 0 Å². The van der Waals surface area contributed by atoms with Crippen molar-refractivity contribution in [3.63, 3.8) is 0 Å². The van der Waals surface area contributed by atoms with E-state index in [-0.39, 0.29) is 5.91 Å². The maximum Gasteiger partial charge on any atom is 0.221 e. The molecule has 0 unspecified atom stereocenters. The molecule has 0 saturated heterocycles. The Kier molecular flexibility index (Phi) is 6.77. The maximum absolute atomic E-state index is 11.6. The highest BCUT2D eigenvalue weighted by atomic mass is 35.5. The molecular formula is C25H22Cl2N4O3. The summed E-state index contributed by atoms with van der Waals surface area (Å²) in [5.41, 5.74) is 3.51. The zero-order valence-electron chi connectivity index (χ0n) is 19.0. The molecule has 9 heteroatoms. The first-order chi connectivity index (χ1) is 16.3. The largest absolute Gasteiger partial charge is 0.495 e. The molecule has 0 spiro atoms. The van der Waals surface area contributed by atoms with Gasteiger partial charge in [-0.15, -0.1) is 0 Å². The molecule has 2 heterocycles. The molecule has 2 N–H and O–H groups in total. The molecule has 0 saturated carbocycles. The zero-order valence-corrected chi connectivity index (χ0v) is 20.5. The van der Waals surface area contributed by atoms with Crippen LogP contribution in [0.2, 0.25) is 10.0 Å². The number of hydrogen-bond acceptors (Lipinski definition) is 6. The monoisotopic (exact) mass is 496 g/mol. The molecule has 7 nitrogen and oxygen atoms in total. The molecule has 0 aliphatic rings. The van der Waals surface area contributed by atoms with E-state index in [1.54, 1.807) is 18.5 Å². The minimum Gasteiger partial charge on any atom is -0.495 e. The summed E-state index contributed by atoms with van der Waals surface area (Å²) in [4.78, 5) is 20.7. The highest BCUT2D eigenvalue weighted by molar-refractivity contribution is 6.41. The van der Waals surface area contributed by atoms with Gasteiger partial charge in [-0.2, -0.15) is 0 Å². The van der Waals surface area contributed by atoms with Crippen molar-refractivity contribution in [1.82, 2.24) is 9.97 Å². The van der Waals surface area contributed by atoms with E-state index in [0.29, 0.717) is 44.3 Å². The average molecular weight is 497 g/mol. The molecule has 34 heavy (non-hydrogen) atoms. The number of rotatable bonds is 6. The Morgan fingerprint density at radius 1 is 0.941 bits per heavy atom. The van der Waals surface area contributed by atoms with Crippen LogP contribution in [0.15, 0.2) is 48.8 Å². The van der Waals surface area contributed by atoms with Crippen LogP contribution in [-0.2, 0) is 4.79 Å². The zero-order chi connectivity index (χ0) is 24.4. The van der Waals surface area contributed by atoms with Crippen LogP contribution in [0.3, 0.4) is 0 Å². The molecule has 4 aromatic rings. The standard InChI is InChI=1S/C25H22Cl2N4O3/c1-13-6-5-7-17(30-14(2)32)25(13)31-21-9-16-11-28-18(8-15(16)12-29-21)22-23(26)19(33-3)10-20(34-4)24(22)27/h5-12H,1-4H3,(H,29,31)(H,30,32). The van der Waals surface area contributed by atoms with E-state index >= 15 is 0 Å². The number of anilines is 3. The number of carbonyl (C=O) groups excluding carboxylic acids is 1. The molecule has 0 radical (unpaired) electrons. The summed E-state index contributed by atoms with van der Waals surface area (Å²) < 4.78 is 10.7. The molecule has 4 rings (SSSR count). The van der Waals surface area contributed by atoms with Gasteiger partial charge in [0.2, 0.25) is 5.91 Å². The number of carbonyl (C=O) groups is 1. The van der Waals surface area contributed by atoms with Crippen LogP contribution < -0.4 is 20.1 Å². The van der Waals surface area contributed by atoms with Crippen molar-refractivity contribution >= 4 is 57.1 Å². The Balaban J connectivity index is 1.73. The van der Waals surface area contributed by atoms with Gasteiger partial charge in [-0.05, 0) is 30.7 Å². The smallest absolute Gasteiger partial charge is 0.221 e. The number of ether oxygens (including phenoxy) is 2. The Hall–Kier alpha value is -3.55. The minimum absolute atomic E-state index is 0.150. The second-order valence-electron chi connectivity index (χ2n) is 7.57. The van der Waals surface area contributed by atoms with Gasteiger partial charge in [-0.1, -0.05) is 35.3 Å². The molecule has 1 amide bonds. The normalized spacial score (nSPS) is 10.8. The lowest BCUT2D eigenvalue weighted by Gasteiger charge is -2.16. The number of pyridine rings is 2. The highest BCUT2D eigenvalue weighted by Crippen LogP contribution is 2.45. The van der Waals surface area contributed by atoms with Gasteiger partial charge < -0.3 is 20.1 Å². The molecule has 2 aromatic carbocycles. The molecule has 0 atom stereocenters. The van der Waals surface area contributed by atoms with E-state index in [9.17, 15) is 4.79 Å². The third-order valence-electron chi connectivity index (χ3n) is 5.27. The van der Waals surface area contributed by atoms with Crippen LogP contribution in [0, 0.1) is 6.92 Å². The van der Waals surface area contributed by atoms with E-state index in [2.05, 4.69) is 20.6 Å². The summed E-state index contributed by atoms with van der Waals surface area (Å²) in [5, 5.41) is 8.53. The minimum atomic E-state index is -0.150. The average Bonchev–Trinajstić information content (AvgIpc) is 2.81. The van der Waals surface area contributed by atoms with Crippen molar-refractivity contribution in [3.05, 3.63) is 64.4 Å². The fraction of sp³-hybridized carbons (Fsp3) is 0.160. The van der Waals surface area contributed by atoms with Crippen LogP contribution in [-0.4, -0.2) is 30.1 Å². The van der Waals surface area contributed by atoms with E-state index in [1.165, 1.54) is 21.1 Å². The molecule has 0 bridgehead atoms. The second-order valence-corrected chi connectivity index (χ2v) is 8.33. The number of fused-ring (bicyclic) bond motifs is 1. The molecule has 0 aliphatic carbocycles. The Labute approximate surface area is 207 Å². The van der Waals surface area contributed by atoms with Gasteiger partial charge in [0, 0.05) is 41.7 Å². The SMILES string of the molecule is COc1cc(OC)c(Cl)c(-c2cc3cnc(Nc4c(C)cccc4NC(C)=O)cc3cn2)c1Cl. The lowest BCUT2D eigenvalue weighted by Crippen LogP contribution is -2.09. The van der Waals surface area contributed by atoms with Gasteiger partial charge in [-0.25, -0.2) is 4.98 Å². The number of aryl methyl sites for hydroxylation is 1. The highest BCUT2D eigenvalue weighted by Gasteiger charge is 2.20. The van der Waals surface area contributed by atoms with Gasteiger partial charge in [0.05, 0.1) is 41.3 Å². The van der Waals surface area contributed by atoms with Crippen molar-refractivity contribution in [2.75, 3.05) is 24.9 Å². The third kappa shape index (κ3) is 4.58. The first kappa shape index (κ1) is 23.6. The van der Waals surface area contributed by atoms with E-state index < -0.39 is 0 Å². The van der Waals surface area contributed by atoms with Gasteiger partial charge in [0.15, 0.2) is 0 Å². The summed E-state index contributed by atoms with van der Waals surface area (Å²) in [6.07, 6.45) is 3.46. The lowest BCUT2D eigenvalue weighted by molar-refractivity contribution is -0.114. The number of halogens is 2. The summed E-state index contributed by atoms with van der Waals surface area (Å²) >= 11 is 13.1. The van der Waals surface area contributed by atoms with Gasteiger partial charge in [0.1, 0.15) is 17.3 Å². The Morgan fingerprint density at radius 3 is 2.24 bits per heavy atom. The van der Waals surface area contributed by atoms with Crippen molar-refractivity contribution < 1.29 is 14.3 Å². The van der Waals surface area contributed by atoms with E-state index in [1.807, 2.05) is 37.3 Å². The van der Waals surface area contributed by atoms with Crippen LogP contribution in [0.4, 0.5) is 17.2 Å². The first-order valence-electron chi connectivity index (χ1n) is 10.3. The van der Waals surface area contributed by atoms with Crippen molar-refractivity contribution in [1.29, 1.82) is 0 Å². The van der Waals surface area contributed by atoms with Gasteiger partial charge >= 0.3 is 0 Å². The molecule has 2 aromatic heterocycles. The number of aromatic nitrogens is 2. The first-order valence-corrected chi connectivity index (χ1v) is 11.1. The van der Waals surface area contributed by atoms with Crippen LogP contribution in [0.5, 0.6) is 11.5 Å². The van der Waals surface area contributed by atoms with Crippen LogP contribution in [0.1, 0.15) is 12.5 Å². The van der Waals surface area contributed by atoms with Gasteiger partial charge in [0.25, 0.3) is 0 Å². The molecule has 0 aliphatic heterocycles. The van der Waals surface area contributed by atoms with E-state index in [4.69, 9.17) is 32.7 Å². The van der Waals surface area contributed by atoms with Crippen LogP contribution in [0.25, 0.3) is 22.0 Å². The Morgan fingerprint density at radius 2 is 1.59 bits per heavy atom. The fourth-order valence-corrected chi connectivity index (χ4v) is 4.30. The molecule has 0 fully saturated rings. The molecular weight excluding hydrogens is 475 g/mol. The number of benzene rings is 2. The van der Waals surface area contributed by atoms with Crippen molar-refractivity contribution in [2.45, 2.75) is 13.8 Å². The number of nitrogens with zero attached hydrogens (tertiary/aromatic N) is 2. The Bertz CT molecular complexity index is 1380. The van der Waals surface area contributed by atoms with Crippen LogP contribution >= 0.6 is 23.2 Å². The summed E-state index contributed by atoms with van der Waals surface area (Å²) in [7, 11) is 3.05. The number of para-hydroxylation sites is 1. The predicted molar refractivity (Wildman–Crippen MR) is 137 cm³/mol. The number of methoxy groups -OCH3 is 2. The predicted octanol–water partition coefficient (Wildman–Crippen LogP) is 6.63. The topological polar surface area (TPSA) is 85.4 Å². The molecule has 174 valence electrons. The number of hydrogen-bond donors (Lipinski definition) is 2. The third-order valence-corrected chi connectivity index (χ3v) is 6.02. The maximum atomic E-state index is 11.6. The summed E-state index contributed by atoms with van der Waals surface area (Å²) in [6.45, 7) is 3.43. The van der Waals surface area contributed by atoms with Gasteiger partial charge in [-0.3, -0.25) is 9.78 Å². The number of amides is 1. The summed E-state index contributed by atoms with van der Waals surface area (Å²) in [6, 6.07) is 11.0. The summed E-state index contributed by atoms with van der Waals surface area (Å²) in [5.74, 6) is 1.33. The second kappa shape index (κ2) is 9.75.